The molecule has 0 heterocycles. The Labute approximate surface area is 160 Å². The van der Waals surface area contributed by atoms with Gasteiger partial charge < -0.3 is 4.74 Å². The molecule has 0 aliphatic carbocycles. The summed E-state index contributed by atoms with van der Waals surface area (Å²) in [5, 5.41) is 0. The summed E-state index contributed by atoms with van der Waals surface area (Å²) in [5.41, 5.74) is 4.01. The summed E-state index contributed by atoms with van der Waals surface area (Å²) >= 11 is 0. The largest absolute Gasteiger partial charge is 0.458 e. The van der Waals surface area contributed by atoms with E-state index in [0.717, 1.165) is 16.7 Å². The molecular weight excluding hydrogens is 332 g/mol. The van der Waals surface area contributed by atoms with Crippen LogP contribution in [0.3, 0.4) is 0 Å². The van der Waals surface area contributed by atoms with E-state index in [0.29, 0.717) is 17.5 Å². The van der Waals surface area contributed by atoms with E-state index in [1.165, 1.54) is 0 Å². The smallest absolute Gasteiger partial charge is 0.339 e. The third-order valence-electron chi connectivity index (χ3n) is 3.97. The molecule has 0 fully saturated rings. The Morgan fingerprint density at radius 3 is 2.19 bits per heavy atom. The molecule has 2 nitrogen and oxygen atoms in total. The number of rotatable bonds is 5. The first-order chi connectivity index (χ1) is 13.2. The molecule has 27 heavy (non-hydrogen) atoms. The monoisotopic (exact) mass is 352 g/mol. The third-order valence-corrected chi connectivity index (χ3v) is 3.97. The van der Waals surface area contributed by atoms with Crippen LogP contribution in [0.4, 0.5) is 0 Å². The van der Waals surface area contributed by atoms with Crippen molar-refractivity contribution in [2.45, 2.75) is 6.42 Å². The minimum absolute atomic E-state index is 0.189. The minimum Gasteiger partial charge on any atom is -0.458 e. The van der Waals surface area contributed by atoms with E-state index < -0.39 is 0 Å². The van der Waals surface area contributed by atoms with Gasteiger partial charge in [0.15, 0.2) is 0 Å². The van der Waals surface area contributed by atoms with Gasteiger partial charge in [0, 0.05) is 11.1 Å². The third kappa shape index (κ3) is 5.45. The van der Waals surface area contributed by atoms with E-state index in [-0.39, 0.29) is 12.6 Å². The molecule has 0 N–H and O–H groups in total. The van der Waals surface area contributed by atoms with Gasteiger partial charge in [-0.25, -0.2) is 4.79 Å². The van der Waals surface area contributed by atoms with Crippen molar-refractivity contribution in [2.75, 3.05) is 6.61 Å². The predicted octanol–water partition coefficient (Wildman–Crippen LogP) is 5.04. The van der Waals surface area contributed by atoms with Crippen LogP contribution in [-0.2, 0) is 11.2 Å². The van der Waals surface area contributed by atoms with Gasteiger partial charge in [0.1, 0.15) is 6.61 Å². The quantitative estimate of drug-likeness (QED) is 0.365. The van der Waals surface area contributed by atoms with E-state index in [2.05, 4.69) is 18.4 Å². The van der Waals surface area contributed by atoms with Gasteiger partial charge in [0.25, 0.3) is 0 Å². The van der Waals surface area contributed by atoms with Crippen LogP contribution in [0.2, 0.25) is 0 Å². The summed E-state index contributed by atoms with van der Waals surface area (Å²) < 4.78 is 5.45. The highest BCUT2D eigenvalue weighted by molar-refractivity contribution is 5.92. The Morgan fingerprint density at radius 2 is 1.44 bits per heavy atom. The van der Waals surface area contributed by atoms with Crippen molar-refractivity contribution in [3.63, 3.8) is 0 Å². The molecule has 3 aromatic carbocycles. The summed E-state index contributed by atoms with van der Waals surface area (Å²) in [6.45, 7) is 4.20. The van der Waals surface area contributed by atoms with E-state index in [4.69, 9.17) is 4.74 Å². The molecule has 0 unspecified atom stereocenters. The molecule has 3 rings (SSSR count). The highest BCUT2D eigenvalue weighted by atomic mass is 16.5. The Hall–Kier alpha value is -3.57. The molecule has 3 aromatic rings. The molecule has 0 radical (unpaired) electrons. The second kappa shape index (κ2) is 9.22. The van der Waals surface area contributed by atoms with Crippen molar-refractivity contribution in [2.24, 2.45) is 0 Å². The highest BCUT2D eigenvalue weighted by Crippen LogP contribution is 2.12. The standard InChI is InChI=1S/C25H20O2/c1-20(18-22-12-6-3-7-13-22)19-27-25(26)24-15-9-8-14-23(24)17-16-21-10-4-2-5-11-21/h2-15H,1,18-19H2. The van der Waals surface area contributed by atoms with E-state index in [1.54, 1.807) is 6.07 Å². The van der Waals surface area contributed by atoms with Gasteiger partial charge >= 0.3 is 5.97 Å². The molecule has 0 aliphatic rings. The zero-order valence-electron chi connectivity index (χ0n) is 15.0. The molecule has 0 atom stereocenters. The number of hydrogen-bond donors (Lipinski definition) is 0. The van der Waals surface area contributed by atoms with Gasteiger partial charge in [-0.1, -0.05) is 79.1 Å². The van der Waals surface area contributed by atoms with E-state index >= 15 is 0 Å². The zero-order valence-corrected chi connectivity index (χ0v) is 15.0. The first kappa shape index (κ1) is 18.2. The average molecular weight is 352 g/mol. The fraction of sp³-hybridized carbons (Fsp3) is 0.0800. The number of ether oxygens (including phenoxy) is 1. The molecular formula is C25H20O2. The van der Waals surface area contributed by atoms with Crippen LogP contribution in [0.15, 0.2) is 97.1 Å². The Balaban J connectivity index is 1.65. The van der Waals surface area contributed by atoms with Crippen molar-refractivity contribution in [3.8, 4) is 11.8 Å². The summed E-state index contributed by atoms with van der Waals surface area (Å²) in [7, 11) is 0. The molecule has 0 saturated heterocycles. The summed E-state index contributed by atoms with van der Waals surface area (Å²) in [4.78, 5) is 12.5. The number of hydrogen-bond acceptors (Lipinski definition) is 2. The molecule has 0 amide bonds. The molecule has 2 heteroatoms. The van der Waals surface area contributed by atoms with Gasteiger partial charge in [0.05, 0.1) is 5.56 Å². The topological polar surface area (TPSA) is 26.3 Å². The first-order valence-electron chi connectivity index (χ1n) is 8.76. The zero-order chi connectivity index (χ0) is 18.9. The maximum absolute atomic E-state index is 12.5. The van der Waals surface area contributed by atoms with Crippen LogP contribution in [-0.4, -0.2) is 12.6 Å². The normalized spacial score (nSPS) is 9.78. The van der Waals surface area contributed by atoms with Crippen molar-refractivity contribution < 1.29 is 9.53 Å². The average Bonchev–Trinajstić information content (AvgIpc) is 2.72. The van der Waals surface area contributed by atoms with E-state index in [9.17, 15) is 4.79 Å². The highest BCUT2D eigenvalue weighted by Gasteiger charge is 2.11. The van der Waals surface area contributed by atoms with Crippen molar-refractivity contribution in [1.29, 1.82) is 0 Å². The second-order valence-corrected chi connectivity index (χ2v) is 6.15. The lowest BCUT2D eigenvalue weighted by Crippen LogP contribution is -2.10. The number of benzene rings is 3. The van der Waals surface area contributed by atoms with Crippen LogP contribution in [0.5, 0.6) is 0 Å². The van der Waals surface area contributed by atoms with Crippen molar-refractivity contribution >= 4 is 5.97 Å². The van der Waals surface area contributed by atoms with Gasteiger partial charge in [0.2, 0.25) is 0 Å². The Kier molecular flexibility index (Phi) is 6.22. The van der Waals surface area contributed by atoms with Gasteiger partial charge in [-0.2, -0.15) is 0 Å². The van der Waals surface area contributed by atoms with Crippen LogP contribution in [0.25, 0.3) is 0 Å². The molecule has 132 valence electrons. The fourth-order valence-electron chi connectivity index (χ4n) is 2.61. The SMILES string of the molecule is C=C(COC(=O)c1ccccc1C#Cc1ccccc1)Cc1ccccc1. The maximum atomic E-state index is 12.5. The van der Waals surface area contributed by atoms with Crippen LogP contribution >= 0.6 is 0 Å². The van der Waals surface area contributed by atoms with E-state index in [1.807, 2.05) is 78.9 Å². The number of carbonyl (C=O) groups is 1. The predicted molar refractivity (Wildman–Crippen MR) is 108 cm³/mol. The minimum atomic E-state index is -0.387. The second-order valence-electron chi connectivity index (χ2n) is 6.15. The lowest BCUT2D eigenvalue weighted by Gasteiger charge is -2.09. The molecule has 0 aromatic heterocycles. The van der Waals surface area contributed by atoms with Gasteiger partial charge in [-0.15, -0.1) is 0 Å². The summed E-state index contributed by atoms with van der Waals surface area (Å²) in [6, 6.07) is 26.9. The lowest BCUT2D eigenvalue weighted by molar-refractivity contribution is 0.0538. The first-order valence-corrected chi connectivity index (χ1v) is 8.76. The van der Waals surface area contributed by atoms with Crippen LogP contribution in [0, 0.1) is 11.8 Å². The number of carbonyl (C=O) groups excluding carboxylic acids is 1. The molecule has 0 saturated carbocycles. The molecule has 0 spiro atoms. The van der Waals surface area contributed by atoms with Gasteiger partial charge in [-0.05, 0) is 41.8 Å². The Bertz CT molecular complexity index is 977. The summed E-state index contributed by atoms with van der Waals surface area (Å²) in [6.07, 6.45) is 0.684. The van der Waals surface area contributed by atoms with Crippen molar-refractivity contribution in [1.82, 2.24) is 0 Å². The fourth-order valence-corrected chi connectivity index (χ4v) is 2.61. The van der Waals surface area contributed by atoms with Gasteiger partial charge in [-0.3, -0.25) is 0 Å². The molecule has 0 aliphatic heterocycles. The maximum Gasteiger partial charge on any atom is 0.339 e. The molecule has 0 bridgehead atoms. The van der Waals surface area contributed by atoms with Crippen LogP contribution < -0.4 is 0 Å². The Morgan fingerprint density at radius 1 is 0.815 bits per heavy atom. The number of esters is 1. The lowest BCUT2D eigenvalue weighted by atomic mass is 10.1. The summed E-state index contributed by atoms with van der Waals surface area (Å²) in [5.74, 6) is 5.76. The van der Waals surface area contributed by atoms with Crippen LogP contribution in [0.1, 0.15) is 27.0 Å². The van der Waals surface area contributed by atoms with Crippen molar-refractivity contribution in [3.05, 3.63) is 119 Å².